The van der Waals surface area contributed by atoms with E-state index in [0.717, 1.165) is 0 Å². The van der Waals surface area contributed by atoms with E-state index in [1.54, 1.807) is 0 Å². The first kappa shape index (κ1) is 8.11. The summed E-state index contributed by atoms with van der Waals surface area (Å²) in [5.74, 6) is -0.00509. The maximum Gasteiger partial charge on any atom is 0.220 e. The maximum atomic E-state index is 10.6. The van der Waals surface area contributed by atoms with Gasteiger partial charge in [-0.3, -0.25) is 4.57 Å². The second-order valence-corrected chi connectivity index (χ2v) is 3.23. The molecule has 1 atom stereocenters. The van der Waals surface area contributed by atoms with Gasteiger partial charge in [0, 0.05) is 11.8 Å². The van der Waals surface area contributed by atoms with Crippen molar-refractivity contribution in [2.75, 3.05) is 5.73 Å². The van der Waals surface area contributed by atoms with E-state index in [1.807, 2.05) is 0 Å². The number of anilines is 1. The number of phenols is 1. The van der Waals surface area contributed by atoms with E-state index in [9.17, 15) is 4.57 Å². The molecule has 1 unspecified atom stereocenters. The van der Waals surface area contributed by atoms with Gasteiger partial charge in [-0.25, -0.2) is 0 Å². The minimum Gasteiger partial charge on any atom is -0.508 e. The van der Waals surface area contributed by atoms with Crippen LogP contribution < -0.4 is 11.0 Å². The van der Waals surface area contributed by atoms with E-state index in [0.29, 0.717) is 0 Å². The molecule has 0 radical (unpaired) electrons. The lowest BCUT2D eigenvalue weighted by Gasteiger charge is -2.00. The zero-order valence-corrected chi connectivity index (χ0v) is 6.61. The van der Waals surface area contributed by atoms with Gasteiger partial charge >= 0.3 is 0 Å². The summed E-state index contributed by atoms with van der Waals surface area (Å²) in [6.07, 6.45) is 0. The van der Waals surface area contributed by atoms with Crippen molar-refractivity contribution in [3.8, 4) is 5.75 Å². The fourth-order valence-corrected chi connectivity index (χ4v) is 1.29. The molecule has 4 nitrogen and oxygen atoms in total. The molecule has 0 spiro atoms. The van der Waals surface area contributed by atoms with Crippen LogP contribution in [0.3, 0.4) is 0 Å². The molecule has 1 rings (SSSR count). The van der Waals surface area contributed by atoms with Crippen molar-refractivity contribution in [2.24, 2.45) is 0 Å². The smallest absolute Gasteiger partial charge is 0.220 e. The number of benzene rings is 1. The molecule has 0 amide bonds. The Bertz CT molecular complexity index is 300. The van der Waals surface area contributed by atoms with E-state index in [1.165, 1.54) is 18.2 Å². The number of phenolic OH excluding ortho intramolecular Hbond substituents is 1. The van der Waals surface area contributed by atoms with Crippen LogP contribution in [-0.2, 0) is 4.57 Å². The number of aromatic hydroxyl groups is 1. The van der Waals surface area contributed by atoms with Gasteiger partial charge < -0.3 is 15.7 Å². The highest BCUT2D eigenvalue weighted by Crippen LogP contribution is 2.20. The molecule has 0 aliphatic heterocycles. The van der Waals surface area contributed by atoms with Crippen LogP contribution >= 0.6 is 8.03 Å². The van der Waals surface area contributed by atoms with E-state index < -0.39 is 8.03 Å². The van der Waals surface area contributed by atoms with Gasteiger partial charge in [-0.15, -0.1) is 0 Å². The van der Waals surface area contributed by atoms with Crippen LogP contribution in [0.25, 0.3) is 0 Å². The standard InChI is InChI=1S/C6H8NO3P/c7-5-3-4(8)1-2-6(5)11(9)10/h1-3,8,11H,7H2,(H,9,10). The summed E-state index contributed by atoms with van der Waals surface area (Å²) in [4.78, 5) is 8.68. The zero-order chi connectivity index (χ0) is 8.43. The van der Waals surface area contributed by atoms with Gasteiger partial charge in [-0.2, -0.15) is 0 Å². The first-order chi connectivity index (χ1) is 5.11. The maximum absolute atomic E-state index is 10.6. The first-order valence-corrected chi connectivity index (χ1v) is 4.28. The van der Waals surface area contributed by atoms with Gasteiger partial charge in [0.15, 0.2) is 0 Å². The molecular formula is C6H8NO3P. The molecule has 5 heteroatoms. The predicted molar refractivity (Wildman–Crippen MR) is 43.4 cm³/mol. The monoisotopic (exact) mass is 173 g/mol. The Hall–Kier alpha value is -0.990. The summed E-state index contributed by atoms with van der Waals surface area (Å²) < 4.78 is 10.6. The van der Waals surface area contributed by atoms with Crippen molar-refractivity contribution in [1.29, 1.82) is 0 Å². The highest BCUT2D eigenvalue weighted by atomic mass is 31.1. The Labute approximate surface area is 64.2 Å². The highest BCUT2D eigenvalue weighted by Gasteiger charge is 2.03. The third-order valence-corrected chi connectivity index (χ3v) is 2.18. The van der Waals surface area contributed by atoms with Gasteiger partial charge in [0.1, 0.15) is 5.75 Å². The lowest BCUT2D eigenvalue weighted by atomic mass is 10.3. The van der Waals surface area contributed by atoms with Crippen molar-refractivity contribution in [3.05, 3.63) is 18.2 Å². The second-order valence-electron chi connectivity index (χ2n) is 2.08. The largest absolute Gasteiger partial charge is 0.508 e. The molecule has 0 aromatic heterocycles. The van der Waals surface area contributed by atoms with Crippen molar-refractivity contribution in [1.82, 2.24) is 0 Å². The van der Waals surface area contributed by atoms with Crippen molar-refractivity contribution in [2.45, 2.75) is 0 Å². The molecule has 4 N–H and O–H groups in total. The molecule has 1 aromatic carbocycles. The molecule has 0 heterocycles. The van der Waals surface area contributed by atoms with Crippen LogP contribution in [0.1, 0.15) is 0 Å². The molecule has 0 saturated carbocycles. The fourth-order valence-electron chi connectivity index (χ4n) is 0.745. The Morgan fingerprint density at radius 1 is 1.45 bits per heavy atom. The fraction of sp³-hybridized carbons (Fsp3) is 0. The van der Waals surface area contributed by atoms with Crippen LogP contribution in [0.4, 0.5) is 5.69 Å². The van der Waals surface area contributed by atoms with Gasteiger partial charge in [-0.05, 0) is 12.1 Å². The highest BCUT2D eigenvalue weighted by molar-refractivity contribution is 7.47. The Balaban J connectivity index is 3.20. The first-order valence-electron chi connectivity index (χ1n) is 2.93. The predicted octanol–water partition coefficient (Wildman–Crippen LogP) is 0.0667. The normalized spacial score (nSPS) is 12.8. The van der Waals surface area contributed by atoms with Crippen molar-refractivity contribution in [3.63, 3.8) is 0 Å². The average molecular weight is 173 g/mol. The van der Waals surface area contributed by atoms with E-state index in [-0.39, 0.29) is 16.7 Å². The summed E-state index contributed by atoms with van der Waals surface area (Å²) in [7, 11) is -2.74. The molecule has 0 aliphatic carbocycles. The minimum atomic E-state index is -2.74. The van der Waals surface area contributed by atoms with Crippen LogP contribution in [0.15, 0.2) is 18.2 Å². The lowest BCUT2D eigenvalue weighted by molar-refractivity contribution is 0.476. The summed E-state index contributed by atoms with van der Waals surface area (Å²) >= 11 is 0. The SMILES string of the molecule is Nc1cc(O)ccc1[PH](=O)O. The number of nitrogens with two attached hydrogens (primary N) is 1. The van der Waals surface area contributed by atoms with Gasteiger partial charge in [0.25, 0.3) is 0 Å². The second kappa shape index (κ2) is 2.95. The van der Waals surface area contributed by atoms with E-state index in [4.69, 9.17) is 15.7 Å². The van der Waals surface area contributed by atoms with E-state index >= 15 is 0 Å². The molecule has 11 heavy (non-hydrogen) atoms. The molecule has 1 aromatic rings. The summed E-state index contributed by atoms with van der Waals surface area (Å²) in [5.41, 5.74) is 5.48. The number of hydrogen-bond acceptors (Lipinski definition) is 3. The third-order valence-electron chi connectivity index (χ3n) is 1.27. The minimum absolute atomic E-state index is 0.00509. The van der Waals surface area contributed by atoms with Gasteiger partial charge in [0.05, 0.1) is 5.30 Å². The third kappa shape index (κ3) is 1.73. The van der Waals surface area contributed by atoms with Crippen LogP contribution in [-0.4, -0.2) is 10.00 Å². The quantitative estimate of drug-likeness (QED) is 0.414. The van der Waals surface area contributed by atoms with Crippen LogP contribution in [0.2, 0.25) is 0 Å². The topological polar surface area (TPSA) is 83.5 Å². The summed E-state index contributed by atoms with van der Waals surface area (Å²) in [6, 6.07) is 3.91. The molecule has 0 bridgehead atoms. The van der Waals surface area contributed by atoms with Crippen LogP contribution in [0, 0.1) is 0 Å². The number of rotatable bonds is 1. The van der Waals surface area contributed by atoms with Crippen LogP contribution in [0.5, 0.6) is 5.75 Å². The van der Waals surface area contributed by atoms with E-state index in [2.05, 4.69) is 0 Å². The average Bonchev–Trinajstić information content (AvgIpc) is 1.85. The van der Waals surface area contributed by atoms with Gasteiger partial charge in [0.2, 0.25) is 8.03 Å². The molecule has 60 valence electrons. The lowest BCUT2D eigenvalue weighted by Crippen LogP contribution is -2.03. The zero-order valence-electron chi connectivity index (χ0n) is 5.61. The Kier molecular flexibility index (Phi) is 2.17. The van der Waals surface area contributed by atoms with Crippen molar-refractivity contribution >= 4 is 19.0 Å². The Morgan fingerprint density at radius 3 is 2.55 bits per heavy atom. The van der Waals surface area contributed by atoms with Crippen molar-refractivity contribution < 1.29 is 14.6 Å². The van der Waals surface area contributed by atoms with Gasteiger partial charge in [-0.1, -0.05) is 0 Å². The molecule has 0 saturated heterocycles. The molecular weight excluding hydrogens is 165 g/mol. The molecule has 0 fully saturated rings. The molecule has 0 aliphatic rings. The summed E-state index contributed by atoms with van der Waals surface area (Å²) in [5, 5.41) is 9.05. The number of nitrogen functional groups attached to an aromatic ring is 1. The number of hydrogen-bond donors (Lipinski definition) is 3. The summed E-state index contributed by atoms with van der Waals surface area (Å²) in [6.45, 7) is 0. The Morgan fingerprint density at radius 2 is 2.09 bits per heavy atom.